The van der Waals surface area contributed by atoms with Crippen molar-refractivity contribution in [3.05, 3.63) is 48.1 Å². The lowest BCUT2D eigenvalue weighted by molar-refractivity contribution is 1.19. The molecule has 0 N–H and O–H groups in total. The largest absolute Gasteiger partial charge is 0.297 e. The van der Waals surface area contributed by atoms with Crippen molar-refractivity contribution in [2.45, 2.75) is 13.8 Å². The van der Waals surface area contributed by atoms with E-state index in [1.807, 2.05) is 25.4 Å². The Morgan fingerprint density at radius 3 is 2.94 bits per heavy atom. The van der Waals surface area contributed by atoms with Crippen LogP contribution in [0, 0.1) is 13.8 Å². The molecule has 3 aromatic rings. The van der Waals surface area contributed by atoms with Gasteiger partial charge in [0.1, 0.15) is 5.65 Å². The summed E-state index contributed by atoms with van der Waals surface area (Å²) in [7, 11) is 0. The molecule has 0 aliphatic rings. The van der Waals surface area contributed by atoms with E-state index in [9.17, 15) is 0 Å². The first-order valence-corrected chi connectivity index (χ1v) is 5.57. The summed E-state index contributed by atoms with van der Waals surface area (Å²) in [5.74, 6) is 0. The Bertz CT molecular complexity index is 738. The van der Waals surface area contributed by atoms with Crippen molar-refractivity contribution in [1.82, 2.24) is 14.4 Å². The van der Waals surface area contributed by atoms with Crippen molar-refractivity contribution in [1.29, 1.82) is 0 Å². The summed E-state index contributed by atoms with van der Waals surface area (Å²) in [6.07, 6.45) is 5.64. The van der Waals surface area contributed by atoms with Crippen molar-refractivity contribution in [3.63, 3.8) is 0 Å². The van der Waals surface area contributed by atoms with Gasteiger partial charge in [-0.2, -0.15) is 0 Å². The summed E-state index contributed by atoms with van der Waals surface area (Å²) < 4.78 is 2.10. The minimum atomic E-state index is 0.893. The second kappa shape index (κ2) is 3.42. The van der Waals surface area contributed by atoms with Crippen LogP contribution in [0.1, 0.15) is 17.0 Å². The standard InChI is InChI=1S/C14H13N3/c1-4-12-13-11(5-6-15-12)7-9(2)14-16-10(3)8-17(13)14/h4-8H,1H2,2-3H3. The number of nitrogens with zero attached hydrogens (tertiary/aromatic N) is 3. The molecule has 0 aliphatic heterocycles. The fourth-order valence-corrected chi connectivity index (χ4v) is 2.26. The maximum atomic E-state index is 4.54. The van der Waals surface area contributed by atoms with E-state index in [1.54, 1.807) is 6.08 Å². The Kier molecular flexibility index (Phi) is 2.01. The number of aryl methyl sites for hydroxylation is 2. The van der Waals surface area contributed by atoms with Gasteiger partial charge in [-0.15, -0.1) is 0 Å². The first-order valence-electron chi connectivity index (χ1n) is 5.57. The van der Waals surface area contributed by atoms with Gasteiger partial charge in [-0.1, -0.05) is 6.58 Å². The summed E-state index contributed by atoms with van der Waals surface area (Å²) in [4.78, 5) is 8.89. The Labute approximate surface area is 99.4 Å². The molecule has 0 aliphatic carbocycles. The molecule has 0 spiro atoms. The molecule has 0 amide bonds. The lowest BCUT2D eigenvalue weighted by Crippen LogP contribution is -1.94. The zero-order valence-electron chi connectivity index (χ0n) is 9.94. The van der Waals surface area contributed by atoms with Crippen LogP contribution >= 0.6 is 0 Å². The van der Waals surface area contributed by atoms with Gasteiger partial charge in [-0.3, -0.25) is 9.38 Å². The third kappa shape index (κ3) is 1.35. The van der Waals surface area contributed by atoms with Crippen LogP contribution in [0.4, 0.5) is 0 Å². The highest BCUT2D eigenvalue weighted by atomic mass is 15.0. The first-order chi connectivity index (χ1) is 8.20. The van der Waals surface area contributed by atoms with Gasteiger partial charge in [0.05, 0.1) is 16.9 Å². The second-order valence-corrected chi connectivity index (χ2v) is 4.24. The Morgan fingerprint density at radius 1 is 1.35 bits per heavy atom. The maximum absolute atomic E-state index is 4.54. The lowest BCUT2D eigenvalue weighted by atomic mass is 10.1. The highest BCUT2D eigenvalue weighted by molar-refractivity contribution is 5.88. The van der Waals surface area contributed by atoms with E-state index in [4.69, 9.17) is 0 Å². The maximum Gasteiger partial charge on any atom is 0.140 e. The molecule has 0 saturated heterocycles. The number of imidazole rings is 1. The van der Waals surface area contributed by atoms with E-state index in [2.05, 4.69) is 33.9 Å². The van der Waals surface area contributed by atoms with E-state index in [0.717, 1.165) is 27.9 Å². The highest BCUT2D eigenvalue weighted by Gasteiger charge is 2.09. The van der Waals surface area contributed by atoms with Gasteiger partial charge in [0, 0.05) is 17.8 Å². The average Bonchev–Trinajstić information content (AvgIpc) is 2.70. The monoisotopic (exact) mass is 223 g/mol. The van der Waals surface area contributed by atoms with Crippen LogP contribution in [0.25, 0.3) is 22.6 Å². The van der Waals surface area contributed by atoms with Crippen molar-refractivity contribution in [2.75, 3.05) is 0 Å². The van der Waals surface area contributed by atoms with Gasteiger partial charge in [0.2, 0.25) is 0 Å². The summed E-state index contributed by atoms with van der Waals surface area (Å²) in [5, 5.41) is 1.16. The minimum Gasteiger partial charge on any atom is -0.297 e. The normalized spacial score (nSPS) is 11.2. The fourth-order valence-electron chi connectivity index (χ4n) is 2.26. The first kappa shape index (κ1) is 10.0. The van der Waals surface area contributed by atoms with Crippen LogP contribution in [0.3, 0.4) is 0 Å². The number of aromatic nitrogens is 3. The van der Waals surface area contributed by atoms with Gasteiger partial charge >= 0.3 is 0 Å². The van der Waals surface area contributed by atoms with Gasteiger partial charge in [0.25, 0.3) is 0 Å². The number of hydrogen-bond donors (Lipinski definition) is 0. The van der Waals surface area contributed by atoms with Crippen molar-refractivity contribution in [3.8, 4) is 0 Å². The zero-order valence-corrected chi connectivity index (χ0v) is 9.94. The Hall–Kier alpha value is -2.16. The minimum absolute atomic E-state index is 0.893. The van der Waals surface area contributed by atoms with E-state index in [0.29, 0.717) is 0 Å². The molecule has 0 unspecified atom stereocenters. The number of rotatable bonds is 1. The van der Waals surface area contributed by atoms with Crippen LogP contribution in [-0.4, -0.2) is 14.4 Å². The van der Waals surface area contributed by atoms with Crippen LogP contribution in [0.5, 0.6) is 0 Å². The van der Waals surface area contributed by atoms with Gasteiger partial charge in [-0.05, 0) is 37.6 Å². The molecule has 3 aromatic heterocycles. The van der Waals surface area contributed by atoms with E-state index < -0.39 is 0 Å². The molecule has 0 atom stereocenters. The Balaban J connectivity index is 2.64. The van der Waals surface area contributed by atoms with Crippen molar-refractivity contribution < 1.29 is 0 Å². The molecule has 0 aromatic carbocycles. The molecule has 84 valence electrons. The predicted octanol–water partition coefficient (Wildman–Crippen LogP) is 3.14. The third-order valence-corrected chi connectivity index (χ3v) is 2.97. The molecular weight excluding hydrogens is 210 g/mol. The zero-order chi connectivity index (χ0) is 12.0. The molecule has 3 heteroatoms. The van der Waals surface area contributed by atoms with E-state index >= 15 is 0 Å². The van der Waals surface area contributed by atoms with Crippen LogP contribution < -0.4 is 0 Å². The number of hydrogen-bond acceptors (Lipinski definition) is 2. The molecule has 0 radical (unpaired) electrons. The molecule has 3 nitrogen and oxygen atoms in total. The topological polar surface area (TPSA) is 30.2 Å². The smallest absolute Gasteiger partial charge is 0.140 e. The number of fused-ring (bicyclic) bond motifs is 3. The Morgan fingerprint density at radius 2 is 2.18 bits per heavy atom. The highest BCUT2D eigenvalue weighted by Crippen LogP contribution is 2.23. The van der Waals surface area contributed by atoms with Crippen molar-refractivity contribution >= 4 is 22.6 Å². The summed E-state index contributed by atoms with van der Waals surface area (Å²) in [6, 6.07) is 4.16. The molecular formula is C14H13N3. The van der Waals surface area contributed by atoms with Gasteiger partial charge in [0.15, 0.2) is 0 Å². The average molecular weight is 223 g/mol. The molecule has 17 heavy (non-hydrogen) atoms. The fraction of sp³-hybridized carbons (Fsp3) is 0.143. The number of pyridine rings is 2. The predicted molar refractivity (Wildman–Crippen MR) is 70.1 cm³/mol. The molecule has 3 rings (SSSR count). The van der Waals surface area contributed by atoms with Crippen LogP contribution in [0.15, 0.2) is 31.1 Å². The molecule has 0 bridgehead atoms. The van der Waals surface area contributed by atoms with Crippen LogP contribution in [0.2, 0.25) is 0 Å². The summed E-state index contributed by atoms with van der Waals surface area (Å²) in [6.45, 7) is 7.90. The van der Waals surface area contributed by atoms with Gasteiger partial charge < -0.3 is 0 Å². The molecule has 3 heterocycles. The van der Waals surface area contributed by atoms with E-state index in [-0.39, 0.29) is 0 Å². The van der Waals surface area contributed by atoms with Crippen molar-refractivity contribution in [2.24, 2.45) is 0 Å². The molecule has 0 saturated carbocycles. The van der Waals surface area contributed by atoms with Crippen LogP contribution in [-0.2, 0) is 0 Å². The second-order valence-electron chi connectivity index (χ2n) is 4.24. The third-order valence-electron chi connectivity index (χ3n) is 2.97. The SMILES string of the molecule is C=Cc1nccc2cc(C)c3nc(C)cn3c12. The van der Waals surface area contributed by atoms with Gasteiger partial charge in [-0.25, -0.2) is 4.98 Å². The summed E-state index contributed by atoms with van der Waals surface area (Å²) in [5.41, 5.74) is 5.14. The summed E-state index contributed by atoms with van der Waals surface area (Å²) >= 11 is 0. The quantitative estimate of drug-likeness (QED) is 0.634. The lowest BCUT2D eigenvalue weighted by Gasteiger charge is -2.06. The van der Waals surface area contributed by atoms with E-state index in [1.165, 1.54) is 5.56 Å². The molecule has 0 fully saturated rings.